The molecule has 3 N–H and O–H groups in total. The van der Waals surface area contributed by atoms with Crippen molar-refractivity contribution in [3.63, 3.8) is 0 Å². The maximum absolute atomic E-state index is 12.3. The Morgan fingerprint density at radius 3 is 1.89 bits per heavy atom. The number of esters is 2. The van der Waals surface area contributed by atoms with Crippen LogP contribution in [0.25, 0.3) is 0 Å². The lowest BCUT2D eigenvalue weighted by Crippen LogP contribution is -2.29. The van der Waals surface area contributed by atoms with Crippen LogP contribution in [0.3, 0.4) is 0 Å². The van der Waals surface area contributed by atoms with Crippen molar-refractivity contribution in [3.8, 4) is 0 Å². The number of unbranched alkanes of at least 4 members (excludes halogenated alkanes) is 14. The van der Waals surface area contributed by atoms with Crippen molar-refractivity contribution in [2.75, 3.05) is 13.2 Å². The number of rotatable bonds is 32. The second-order valence-electron chi connectivity index (χ2n) is 12.0. The summed E-state index contributed by atoms with van der Waals surface area (Å²) in [5, 5.41) is 9.97. The molecule has 0 aliphatic heterocycles. The summed E-state index contributed by atoms with van der Waals surface area (Å²) in [5.41, 5.74) is 0. The van der Waals surface area contributed by atoms with Gasteiger partial charge in [-0.3, -0.25) is 14.1 Å². The molecule has 0 aromatic heterocycles. The number of carbonyl (C=O) groups is 2. The molecule has 10 heteroatoms. The van der Waals surface area contributed by atoms with E-state index in [1.54, 1.807) is 6.08 Å². The highest BCUT2D eigenvalue weighted by molar-refractivity contribution is 7.46. The van der Waals surface area contributed by atoms with Crippen molar-refractivity contribution in [3.05, 3.63) is 48.6 Å². The number of phosphoric ester groups is 1. The topological polar surface area (TPSA) is 140 Å². The van der Waals surface area contributed by atoms with Crippen LogP contribution in [0.1, 0.15) is 149 Å². The molecule has 2 atom stereocenters. The molecule has 0 saturated heterocycles. The van der Waals surface area contributed by atoms with Gasteiger partial charge in [-0.2, -0.15) is 0 Å². The molecule has 0 saturated carbocycles. The van der Waals surface area contributed by atoms with Gasteiger partial charge >= 0.3 is 19.8 Å². The zero-order valence-electron chi connectivity index (χ0n) is 29.3. The average molecular weight is 685 g/mol. The van der Waals surface area contributed by atoms with Crippen molar-refractivity contribution >= 4 is 19.8 Å². The van der Waals surface area contributed by atoms with E-state index in [4.69, 9.17) is 19.3 Å². The van der Waals surface area contributed by atoms with Crippen LogP contribution >= 0.6 is 7.82 Å². The van der Waals surface area contributed by atoms with Crippen LogP contribution in [0, 0.1) is 0 Å². The highest BCUT2D eigenvalue weighted by atomic mass is 31.2. The maximum atomic E-state index is 12.3. The smallest absolute Gasteiger partial charge is 0.462 e. The van der Waals surface area contributed by atoms with E-state index in [2.05, 4.69) is 24.4 Å². The van der Waals surface area contributed by atoms with Crippen molar-refractivity contribution < 1.29 is 43.0 Å². The standard InChI is InChI=1S/C37H65O9P/c1-3-5-7-9-11-12-13-14-18-22-26-30-36(39)44-32-35(33-45-47(41,42)43)46-37(40)31-27-23-19-16-15-17-21-25-29-34(38)28-24-20-10-8-6-4-2/h16-17,19-21,24-25,29,34-35,38H,3-15,18,22-23,26-28,30-33H2,1-2H3,(H2,41,42,43)/b19-16-,21-17-,24-20-,29-25+/t34-,35+/m0/s1. The molecule has 47 heavy (non-hydrogen) atoms. The molecular weight excluding hydrogens is 619 g/mol. The van der Waals surface area contributed by atoms with Crippen molar-refractivity contribution in [1.29, 1.82) is 0 Å². The third kappa shape index (κ3) is 35.1. The van der Waals surface area contributed by atoms with E-state index in [0.717, 1.165) is 25.7 Å². The molecule has 0 spiro atoms. The number of allylic oxidation sites excluding steroid dienone is 6. The Hall–Kier alpha value is -2.03. The fourth-order valence-corrected chi connectivity index (χ4v) is 5.04. The number of phosphoric acid groups is 1. The first-order valence-corrected chi connectivity index (χ1v) is 19.6. The maximum Gasteiger partial charge on any atom is 0.469 e. The summed E-state index contributed by atoms with van der Waals surface area (Å²) in [6.45, 7) is 3.50. The normalized spacial score (nSPS) is 13.7. The summed E-state index contributed by atoms with van der Waals surface area (Å²) in [6.07, 6.45) is 34.4. The van der Waals surface area contributed by atoms with E-state index < -0.39 is 38.6 Å². The summed E-state index contributed by atoms with van der Waals surface area (Å²) >= 11 is 0. The third-order valence-corrected chi connectivity index (χ3v) is 7.92. The van der Waals surface area contributed by atoms with Crippen molar-refractivity contribution in [2.24, 2.45) is 0 Å². The zero-order valence-corrected chi connectivity index (χ0v) is 30.2. The average Bonchev–Trinajstić information content (AvgIpc) is 3.03. The molecule has 0 fully saturated rings. The summed E-state index contributed by atoms with van der Waals surface area (Å²) in [6, 6.07) is 0. The lowest BCUT2D eigenvalue weighted by atomic mass is 10.1. The van der Waals surface area contributed by atoms with Crippen LogP contribution in [-0.2, 0) is 28.2 Å². The molecule has 0 bridgehead atoms. The van der Waals surface area contributed by atoms with E-state index in [-0.39, 0.29) is 19.4 Å². The summed E-state index contributed by atoms with van der Waals surface area (Å²) in [5.74, 6) is -0.993. The van der Waals surface area contributed by atoms with Gasteiger partial charge in [-0.25, -0.2) is 4.57 Å². The molecule has 0 heterocycles. The van der Waals surface area contributed by atoms with Crippen LogP contribution in [0.15, 0.2) is 48.6 Å². The van der Waals surface area contributed by atoms with Gasteiger partial charge in [0, 0.05) is 12.8 Å². The lowest BCUT2D eigenvalue weighted by Gasteiger charge is -2.18. The SMILES string of the molecule is CCCCC/C=C\C[C@H](O)/C=C/C=C\C/C=C\CCCC(=O)O[C@H](COC(=O)CCCCCCCCCCCCC)COP(=O)(O)O. The summed E-state index contributed by atoms with van der Waals surface area (Å²) in [4.78, 5) is 42.6. The van der Waals surface area contributed by atoms with E-state index in [1.165, 1.54) is 64.2 Å². The zero-order chi connectivity index (χ0) is 34.9. The number of ether oxygens (including phenoxy) is 2. The van der Waals surface area contributed by atoms with Gasteiger partial charge in [0.15, 0.2) is 6.10 Å². The highest BCUT2D eigenvalue weighted by Crippen LogP contribution is 2.35. The Kier molecular flexibility index (Phi) is 31.1. The van der Waals surface area contributed by atoms with E-state index in [0.29, 0.717) is 32.1 Å². The van der Waals surface area contributed by atoms with E-state index in [9.17, 15) is 19.3 Å². The minimum Gasteiger partial charge on any atom is -0.462 e. The molecule has 0 rings (SSSR count). The van der Waals surface area contributed by atoms with Gasteiger partial charge in [-0.1, -0.05) is 140 Å². The van der Waals surface area contributed by atoms with Gasteiger partial charge in [-0.15, -0.1) is 0 Å². The molecule has 0 aromatic carbocycles. The van der Waals surface area contributed by atoms with Gasteiger partial charge in [0.25, 0.3) is 0 Å². The van der Waals surface area contributed by atoms with Crippen LogP contribution < -0.4 is 0 Å². The molecule has 9 nitrogen and oxygen atoms in total. The summed E-state index contributed by atoms with van der Waals surface area (Å²) in [7, 11) is -4.78. The molecule has 0 aromatic rings. The Morgan fingerprint density at radius 2 is 1.23 bits per heavy atom. The fraction of sp³-hybridized carbons (Fsp3) is 0.730. The second-order valence-corrected chi connectivity index (χ2v) is 13.3. The van der Waals surface area contributed by atoms with Crippen LogP contribution in [0.5, 0.6) is 0 Å². The van der Waals surface area contributed by atoms with Crippen molar-refractivity contribution in [2.45, 2.75) is 161 Å². The molecule has 0 unspecified atom stereocenters. The second kappa shape index (κ2) is 32.5. The molecule has 0 radical (unpaired) electrons. The summed E-state index contributed by atoms with van der Waals surface area (Å²) < 4.78 is 26.2. The number of aliphatic hydroxyl groups excluding tert-OH is 1. The van der Waals surface area contributed by atoms with Crippen LogP contribution in [-0.4, -0.2) is 52.3 Å². The first-order valence-electron chi connectivity index (χ1n) is 18.0. The predicted molar refractivity (Wildman–Crippen MR) is 190 cm³/mol. The lowest BCUT2D eigenvalue weighted by molar-refractivity contribution is -0.161. The minimum atomic E-state index is -4.78. The Balaban J connectivity index is 4.18. The van der Waals surface area contributed by atoms with E-state index in [1.807, 2.05) is 36.5 Å². The Morgan fingerprint density at radius 1 is 0.660 bits per heavy atom. The number of carbonyl (C=O) groups excluding carboxylic acids is 2. The Bertz CT molecular complexity index is 923. The van der Waals surface area contributed by atoms with Crippen LogP contribution in [0.2, 0.25) is 0 Å². The molecule has 0 aliphatic rings. The molecule has 0 aliphatic carbocycles. The van der Waals surface area contributed by atoms with Gasteiger partial charge < -0.3 is 24.4 Å². The third-order valence-electron chi connectivity index (χ3n) is 7.43. The van der Waals surface area contributed by atoms with E-state index >= 15 is 0 Å². The quantitative estimate of drug-likeness (QED) is 0.0208. The molecular formula is C37H65O9P. The molecule has 272 valence electrons. The highest BCUT2D eigenvalue weighted by Gasteiger charge is 2.22. The minimum absolute atomic E-state index is 0.104. The number of hydrogen-bond donors (Lipinski definition) is 3. The number of hydrogen-bond acceptors (Lipinski definition) is 7. The predicted octanol–water partition coefficient (Wildman–Crippen LogP) is 9.37. The largest absolute Gasteiger partial charge is 0.469 e. The fourth-order valence-electron chi connectivity index (χ4n) is 4.68. The first kappa shape index (κ1) is 45.0. The van der Waals surface area contributed by atoms with Crippen molar-refractivity contribution in [1.82, 2.24) is 0 Å². The first-order chi connectivity index (χ1) is 22.7. The van der Waals surface area contributed by atoms with Gasteiger partial charge in [-0.05, 0) is 44.9 Å². The Labute approximate surface area is 285 Å². The van der Waals surface area contributed by atoms with Gasteiger partial charge in [0.1, 0.15) is 6.61 Å². The monoisotopic (exact) mass is 684 g/mol. The van der Waals surface area contributed by atoms with Gasteiger partial charge in [0.05, 0.1) is 12.7 Å². The van der Waals surface area contributed by atoms with Crippen LogP contribution in [0.4, 0.5) is 0 Å². The number of aliphatic hydroxyl groups is 1. The molecule has 0 amide bonds. The van der Waals surface area contributed by atoms with Gasteiger partial charge in [0.2, 0.25) is 0 Å².